The van der Waals surface area contributed by atoms with Gasteiger partial charge >= 0.3 is 0 Å². The van der Waals surface area contributed by atoms with Crippen LogP contribution < -0.4 is 5.73 Å². The first kappa shape index (κ1) is 12.2. The van der Waals surface area contributed by atoms with Crippen molar-refractivity contribution in [3.05, 3.63) is 35.2 Å². The molecule has 0 radical (unpaired) electrons. The molecule has 2 nitrogen and oxygen atoms in total. The zero-order valence-electron chi connectivity index (χ0n) is 10.7. The number of thiophene rings is 1. The van der Waals surface area contributed by atoms with Gasteiger partial charge in [0, 0.05) is 10.1 Å². The van der Waals surface area contributed by atoms with Crippen LogP contribution in [-0.2, 0) is 10.2 Å². The fourth-order valence-electron chi connectivity index (χ4n) is 2.92. The molecule has 0 amide bonds. The van der Waals surface area contributed by atoms with Gasteiger partial charge < -0.3 is 10.5 Å². The van der Waals surface area contributed by atoms with Crippen molar-refractivity contribution in [1.82, 2.24) is 0 Å². The highest BCUT2D eigenvalue weighted by Crippen LogP contribution is 2.45. The van der Waals surface area contributed by atoms with Gasteiger partial charge in [-0.3, -0.25) is 0 Å². The Hall–Kier alpha value is -0.900. The summed E-state index contributed by atoms with van der Waals surface area (Å²) in [7, 11) is 0. The van der Waals surface area contributed by atoms with Crippen molar-refractivity contribution in [2.24, 2.45) is 11.7 Å². The molecule has 3 rings (SSSR count). The third-order valence-electron chi connectivity index (χ3n) is 4.28. The van der Waals surface area contributed by atoms with Gasteiger partial charge in [-0.2, -0.15) is 0 Å². The molecule has 2 heterocycles. The van der Waals surface area contributed by atoms with E-state index in [9.17, 15) is 0 Å². The van der Waals surface area contributed by atoms with Crippen LogP contribution in [0.5, 0.6) is 0 Å². The van der Waals surface area contributed by atoms with Crippen molar-refractivity contribution in [3.8, 4) is 0 Å². The van der Waals surface area contributed by atoms with Crippen LogP contribution in [0, 0.1) is 5.92 Å². The molecule has 96 valence electrons. The zero-order chi connectivity index (χ0) is 12.6. The smallest absolute Gasteiger partial charge is 0.0588 e. The summed E-state index contributed by atoms with van der Waals surface area (Å²) in [6, 6.07) is 8.66. The zero-order valence-corrected chi connectivity index (χ0v) is 11.5. The number of benzene rings is 1. The van der Waals surface area contributed by atoms with Crippen LogP contribution >= 0.6 is 11.3 Å². The highest BCUT2D eigenvalue weighted by molar-refractivity contribution is 7.17. The molecule has 0 aliphatic carbocycles. The first-order chi connectivity index (χ1) is 8.78. The number of hydrogen-bond acceptors (Lipinski definition) is 3. The number of rotatable bonds is 4. The van der Waals surface area contributed by atoms with Gasteiger partial charge in [0.05, 0.1) is 13.2 Å². The standard InChI is InChI=1S/C15H19NOS/c1-11(6-7-16)15(9-17-10-15)13-8-18-14-5-3-2-4-12(13)14/h2-5,8,11H,6-7,9-10,16H2,1H3. The fraction of sp³-hybridized carbons (Fsp3) is 0.467. The Morgan fingerprint density at radius 1 is 1.39 bits per heavy atom. The van der Waals surface area contributed by atoms with Crippen LogP contribution in [-0.4, -0.2) is 19.8 Å². The van der Waals surface area contributed by atoms with Gasteiger partial charge in [-0.25, -0.2) is 0 Å². The molecule has 0 bridgehead atoms. The van der Waals surface area contributed by atoms with Crippen molar-refractivity contribution in [2.75, 3.05) is 19.8 Å². The Balaban J connectivity index is 2.06. The largest absolute Gasteiger partial charge is 0.379 e. The molecule has 1 aromatic carbocycles. The third-order valence-corrected chi connectivity index (χ3v) is 5.24. The highest BCUT2D eigenvalue weighted by Gasteiger charge is 2.45. The van der Waals surface area contributed by atoms with Crippen LogP contribution in [0.25, 0.3) is 10.1 Å². The molecule has 1 aliphatic rings. The summed E-state index contributed by atoms with van der Waals surface area (Å²) in [6.45, 7) is 4.75. The van der Waals surface area contributed by atoms with Crippen LogP contribution in [0.15, 0.2) is 29.6 Å². The second-order valence-electron chi connectivity index (χ2n) is 5.27. The molecule has 0 spiro atoms. The van der Waals surface area contributed by atoms with E-state index in [1.807, 2.05) is 11.3 Å². The summed E-state index contributed by atoms with van der Waals surface area (Å²) in [6.07, 6.45) is 1.06. The monoisotopic (exact) mass is 261 g/mol. The topological polar surface area (TPSA) is 35.2 Å². The van der Waals surface area contributed by atoms with E-state index in [-0.39, 0.29) is 5.41 Å². The predicted octanol–water partition coefficient (Wildman–Crippen LogP) is 3.15. The Morgan fingerprint density at radius 2 is 2.17 bits per heavy atom. The van der Waals surface area contributed by atoms with Gasteiger partial charge in [-0.05, 0) is 41.3 Å². The van der Waals surface area contributed by atoms with Gasteiger partial charge in [-0.1, -0.05) is 25.1 Å². The summed E-state index contributed by atoms with van der Waals surface area (Å²) < 4.78 is 6.92. The lowest BCUT2D eigenvalue weighted by atomic mass is 9.68. The quantitative estimate of drug-likeness (QED) is 0.917. The molecular weight excluding hydrogens is 242 g/mol. The average molecular weight is 261 g/mol. The molecule has 2 N–H and O–H groups in total. The number of ether oxygens (including phenoxy) is 1. The number of fused-ring (bicyclic) bond motifs is 1. The van der Waals surface area contributed by atoms with Crippen molar-refractivity contribution >= 4 is 21.4 Å². The molecule has 1 saturated heterocycles. The van der Waals surface area contributed by atoms with E-state index in [1.165, 1.54) is 15.6 Å². The second-order valence-corrected chi connectivity index (χ2v) is 6.18. The third kappa shape index (κ3) is 1.69. The molecule has 18 heavy (non-hydrogen) atoms. The molecule has 3 heteroatoms. The first-order valence-electron chi connectivity index (χ1n) is 6.52. The molecule has 1 aliphatic heterocycles. The van der Waals surface area contributed by atoms with Gasteiger partial charge in [0.2, 0.25) is 0 Å². The van der Waals surface area contributed by atoms with Crippen molar-refractivity contribution in [3.63, 3.8) is 0 Å². The second kappa shape index (κ2) is 4.65. The maximum atomic E-state index is 5.73. The van der Waals surface area contributed by atoms with Gasteiger partial charge in [0.25, 0.3) is 0 Å². The van der Waals surface area contributed by atoms with Gasteiger partial charge in [0.1, 0.15) is 0 Å². The Bertz CT molecular complexity index is 544. The molecule has 1 unspecified atom stereocenters. The van der Waals surface area contributed by atoms with Crippen LogP contribution in [0.1, 0.15) is 18.9 Å². The van der Waals surface area contributed by atoms with E-state index in [2.05, 4.69) is 36.6 Å². The molecule has 1 aromatic heterocycles. The van der Waals surface area contributed by atoms with E-state index in [1.54, 1.807) is 0 Å². The van der Waals surface area contributed by atoms with E-state index in [0.29, 0.717) is 5.92 Å². The Labute approximate surface area is 112 Å². The number of nitrogens with two attached hydrogens (primary N) is 1. The maximum Gasteiger partial charge on any atom is 0.0588 e. The minimum absolute atomic E-state index is 0.193. The van der Waals surface area contributed by atoms with Crippen LogP contribution in [0.3, 0.4) is 0 Å². The Morgan fingerprint density at radius 3 is 2.83 bits per heavy atom. The van der Waals surface area contributed by atoms with E-state index >= 15 is 0 Å². The summed E-state index contributed by atoms with van der Waals surface area (Å²) in [5, 5.41) is 3.72. The molecule has 0 saturated carbocycles. The minimum Gasteiger partial charge on any atom is -0.379 e. The highest BCUT2D eigenvalue weighted by atomic mass is 32.1. The number of hydrogen-bond donors (Lipinski definition) is 1. The van der Waals surface area contributed by atoms with E-state index < -0.39 is 0 Å². The van der Waals surface area contributed by atoms with Crippen molar-refractivity contribution < 1.29 is 4.74 Å². The molecular formula is C15H19NOS. The van der Waals surface area contributed by atoms with Gasteiger partial charge in [0.15, 0.2) is 0 Å². The summed E-state index contributed by atoms with van der Waals surface area (Å²) in [4.78, 5) is 0. The lowest BCUT2D eigenvalue weighted by Gasteiger charge is -2.46. The SMILES string of the molecule is CC(CCN)C1(c2csc3ccccc23)COC1. The predicted molar refractivity (Wildman–Crippen MR) is 77.2 cm³/mol. The van der Waals surface area contributed by atoms with E-state index in [0.717, 1.165) is 26.2 Å². The summed E-state index contributed by atoms with van der Waals surface area (Å²) in [5.74, 6) is 0.578. The van der Waals surface area contributed by atoms with E-state index in [4.69, 9.17) is 10.5 Å². The maximum absolute atomic E-state index is 5.73. The minimum atomic E-state index is 0.193. The fourth-order valence-corrected chi connectivity index (χ4v) is 3.99. The molecule has 1 atom stereocenters. The molecule has 1 fully saturated rings. The van der Waals surface area contributed by atoms with Crippen molar-refractivity contribution in [1.29, 1.82) is 0 Å². The molecule has 2 aromatic rings. The lowest BCUT2D eigenvalue weighted by Crippen LogP contribution is -2.51. The average Bonchev–Trinajstić information content (AvgIpc) is 2.73. The van der Waals surface area contributed by atoms with Crippen LogP contribution in [0.4, 0.5) is 0 Å². The summed E-state index contributed by atoms with van der Waals surface area (Å²) in [5.41, 5.74) is 7.39. The first-order valence-corrected chi connectivity index (χ1v) is 7.40. The normalized spacial score (nSPS) is 19.7. The lowest BCUT2D eigenvalue weighted by molar-refractivity contribution is -0.0873. The van der Waals surface area contributed by atoms with Gasteiger partial charge in [-0.15, -0.1) is 11.3 Å². The Kier molecular flexibility index (Phi) is 3.14. The van der Waals surface area contributed by atoms with Crippen molar-refractivity contribution in [2.45, 2.75) is 18.8 Å². The van der Waals surface area contributed by atoms with Crippen LogP contribution in [0.2, 0.25) is 0 Å². The summed E-state index contributed by atoms with van der Waals surface area (Å²) >= 11 is 1.84.